The summed E-state index contributed by atoms with van der Waals surface area (Å²) >= 11 is 0. The number of benzene rings is 1. The molecule has 100 valence electrons. The molecule has 0 spiro atoms. The van der Waals surface area contributed by atoms with Gasteiger partial charge < -0.3 is 5.73 Å². The Morgan fingerprint density at radius 1 is 1.44 bits per heavy atom. The van der Waals surface area contributed by atoms with Crippen LogP contribution in [0.1, 0.15) is 19.4 Å². The number of hydrogen-bond acceptors (Lipinski definition) is 3. The van der Waals surface area contributed by atoms with Crippen molar-refractivity contribution in [2.75, 3.05) is 12.3 Å². The van der Waals surface area contributed by atoms with Crippen molar-refractivity contribution in [3.63, 3.8) is 0 Å². The van der Waals surface area contributed by atoms with E-state index in [4.69, 9.17) is 5.73 Å². The molecular formula is C12H17FN2O2S. The molecule has 0 aliphatic heterocycles. The van der Waals surface area contributed by atoms with Crippen molar-refractivity contribution in [3.05, 3.63) is 35.2 Å². The third-order valence-corrected chi connectivity index (χ3v) is 3.74. The first-order valence-corrected chi connectivity index (χ1v) is 6.91. The Bertz CT molecular complexity index is 576. The molecule has 0 bridgehead atoms. The van der Waals surface area contributed by atoms with Crippen LogP contribution in [0.3, 0.4) is 0 Å². The maximum absolute atomic E-state index is 13.8. The Hall–Kier alpha value is -1.40. The third-order valence-electron chi connectivity index (χ3n) is 2.32. The highest BCUT2D eigenvalue weighted by atomic mass is 32.2. The van der Waals surface area contributed by atoms with E-state index in [2.05, 4.69) is 4.72 Å². The summed E-state index contributed by atoms with van der Waals surface area (Å²) in [5, 5.41) is 0. The lowest BCUT2D eigenvalue weighted by Gasteiger charge is -2.09. The normalized spacial score (nSPS) is 11.3. The largest absolute Gasteiger partial charge is 0.399 e. The number of rotatable bonds is 4. The summed E-state index contributed by atoms with van der Waals surface area (Å²) in [7, 11) is -3.88. The summed E-state index contributed by atoms with van der Waals surface area (Å²) in [5.41, 5.74) is 6.93. The van der Waals surface area contributed by atoms with Crippen molar-refractivity contribution >= 4 is 15.7 Å². The van der Waals surface area contributed by atoms with Crippen LogP contribution in [-0.2, 0) is 10.0 Å². The van der Waals surface area contributed by atoms with Gasteiger partial charge in [-0.15, -0.1) is 0 Å². The van der Waals surface area contributed by atoms with Crippen LogP contribution in [0.2, 0.25) is 0 Å². The molecule has 0 radical (unpaired) electrons. The van der Waals surface area contributed by atoms with Crippen LogP contribution < -0.4 is 10.5 Å². The monoisotopic (exact) mass is 272 g/mol. The van der Waals surface area contributed by atoms with Crippen molar-refractivity contribution in [2.24, 2.45) is 0 Å². The average molecular weight is 272 g/mol. The smallest absolute Gasteiger partial charge is 0.243 e. The van der Waals surface area contributed by atoms with E-state index in [1.807, 2.05) is 13.8 Å². The highest BCUT2D eigenvalue weighted by Gasteiger charge is 2.20. The number of allylic oxidation sites excluding steroid dienone is 1. The van der Waals surface area contributed by atoms with E-state index in [9.17, 15) is 12.8 Å². The predicted molar refractivity (Wildman–Crippen MR) is 70.2 cm³/mol. The third kappa shape index (κ3) is 3.54. The molecule has 0 atom stereocenters. The number of nitrogens with two attached hydrogens (primary N) is 1. The molecule has 0 aliphatic carbocycles. The van der Waals surface area contributed by atoms with E-state index in [1.165, 1.54) is 13.0 Å². The minimum absolute atomic E-state index is 0.123. The van der Waals surface area contributed by atoms with Gasteiger partial charge in [0.1, 0.15) is 10.7 Å². The van der Waals surface area contributed by atoms with Gasteiger partial charge in [0, 0.05) is 12.2 Å². The molecular weight excluding hydrogens is 255 g/mol. The summed E-state index contributed by atoms with van der Waals surface area (Å²) in [4.78, 5) is -0.415. The number of halogens is 1. The fraction of sp³-hybridized carbons (Fsp3) is 0.333. The molecule has 1 aromatic rings. The van der Waals surface area contributed by atoms with Gasteiger partial charge in [-0.2, -0.15) is 0 Å². The number of anilines is 1. The summed E-state index contributed by atoms with van der Waals surface area (Å²) < 4.78 is 39.9. The summed E-state index contributed by atoms with van der Waals surface area (Å²) in [5.74, 6) is -0.770. The number of hydrogen-bond donors (Lipinski definition) is 2. The highest BCUT2D eigenvalue weighted by molar-refractivity contribution is 7.89. The van der Waals surface area contributed by atoms with Crippen LogP contribution in [0.15, 0.2) is 28.7 Å². The van der Waals surface area contributed by atoms with Gasteiger partial charge in [0.15, 0.2) is 0 Å². The van der Waals surface area contributed by atoms with Gasteiger partial charge in [0.05, 0.1) is 0 Å². The SMILES string of the molecule is CC(C)=CCNS(=O)(=O)c1cc(N)cc(C)c1F. The van der Waals surface area contributed by atoms with Gasteiger partial charge >= 0.3 is 0 Å². The first-order valence-electron chi connectivity index (χ1n) is 5.42. The van der Waals surface area contributed by atoms with Gasteiger partial charge in [-0.25, -0.2) is 17.5 Å². The Labute approximate surface area is 107 Å². The second kappa shape index (κ2) is 5.49. The van der Waals surface area contributed by atoms with E-state index >= 15 is 0 Å². The maximum atomic E-state index is 13.8. The highest BCUT2D eigenvalue weighted by Crippen LogP contribution is 2.21. The molecule has 0 saturated heterocycles. The lowest BCUT2D eigenvalue weighted by molar-refractivity contribution is 0.556. The van der Waals surface area contributed by atoms with Gasteiger partial charge in [-0.1, -0.05) is 11.6 Å². The molecule has 18 heavy (non-hydrogen) atoms. The van der Waals surface area contributed by atoms with Crippen molar-refractivity contribution in [2.45, 2.75) is 25.7 Å². The van der Waals surface area contributed by atoms with E-state index < -0.39 is 20.7 Å². The predicted octanol–water partition coefficient (Wildman–Crippen LogP) is 1.96. The quantitative estimate of drug-likeness (QED) is 0.650. The number of nitrogens with one attached hydrogen (secondary N) is 1. The number of sulfonamides is 1. The van der Waals surface area contributed by atoms with Crippen LogP contribution in [0, 0.1) is 12.7 Å². The van der Waals surface area contributed by atoms with Crippen LogP contribution >= 0.6 is 0 Å². The molecule has 0 aliphatic rings. The zero-order chi connectivity index (χ0) is 13.9. The van der Waals surface area contributed by atoms with Gasteiger partial charge in [-0.05, 0) is 38.5 Å². The van der Waals surface area contributed by atoms with E-state index in [0.29, 0.717) is 0 Å². The topological polar surface area (TPSA) is 72.2 Å². The molecule has 0 amide bonds. The molecule has 0 saturated carbocycles. The number of aryl methyl sites for hydroxylation is 1. The lowest BCUT2D eigenvalue weighted by Crippen LogP contribution is -2.25. The fourth-order valence-electron chi connectivity index (χ4n) is 1.39. The molecule has 0 aromatic heterocycles. The second-order valence-corrected chi connectivity index (χ2v) is 6.02. The molecule has 3 N–H and O–H groups in total. The minimum Gasteiger partial charge on any atom is -0.399 e. The molecule has 0 heterocycles. The van der Waals surface area contributed by atoms with Gasteiger partial charge in [0.25, 0.3) is 0 Å². The number of nitrogen functional groups attached to an aromatic ring is 1. The van der Waals surface area contributed by atoms with E-state index in [-0.39, 0.29) is 17.8 Å². The van der Waals surface area contributed by atoms with Crippen LogP contribution in [0.25, 0.3) is 0 Å². The lowest BCUT2D eigenvalue weighted by atomic mass is 10.2. The summed E-state index contributed by atoms with van der Waals surface area (Å²) in [6, 6.07) is 2.51. The minimum atomic E-state index is -3.88. The van der Waals surface area contributed by atoms with Gasteiger partial charge in [-0.3, -0.25) is 0 Å². The van der Waals surface area contributed by atoms with E-state index in [0.717, 1.165) is 11.6 Å². The molecule has 0 fully saturated rings. The van der Waals surface area contributed by atoms with Crippen LogP contribution in [-0.4, -0.2) is 15.0 Å². The Morgan fingerprint density at radius 3 is 2.61 bits per heavy atom. The van der Waals surface area contributed by atoms with Crippen molar-refractivity contribution in [1.82, 2.24) is 4.72 Å². The molecule has 0 unspecified atom stereocenters. The van der Waals surface area contributed by atoms with Crippen molar-refractivity contribution in [3.8, 4) is 0 Å². The summed E-state index contributed by atoms with van der Waals surface area (Å²) in [6.45, 7) is 5.29. The first-order chi connectivity index (χ1) is 8.24. The van der Waals surface area contributed by atoms with E-state index in [1.54, 1.807) is 6.08 Å². The Morgan fingerprint density at radius 2 is 2.06 bits per heavy atom. The molecule has 6 heteroatoms. The van der Waals surface area contributed by atoms with Crippen molar-refractivity contribution in [1.29, 1.82) is 0 Å². The Balaban J connectivity index is 3.09. The first kappa shape index (κ1) is 14.7. The molecule has 1 rings (SSSR count). The second-order valence-electron chi connectivity index (χ2n) is 4.28. The summed E-state index contributed by atoms with van der Waals surface area (Å²) in [6.07, 6.45) is 1.70. The fourth-order valence-corrected chi connectivity index (χ4v) is 2.54. The zero-order valence-corrected chi connectivity index (χ0v) is 11.4. The molecule has 1 aromatic carbocycles. The zero-order valence-electron chi connectivity index (χ0n) is 10.6. The standard InChI is InChI=1S/C12H17FN2O2S/c1-8(2)4-5-15-18(16,17)11-7-10(14)6-9(3)12(11)13/h4,6-7,15H,5,14H2,1-3H3. The maximum Gasteiger partial charge on any atom is 0.243 e. The van der Waals surface area contributed by atoms with Crippen molar-refractivity contribution < 1.29 is 12.8 Å². The average Bonchev–Trinajstić information content (AvgIpc) is 2.22. The van der Waals surface area contributed by atoms with Gasteiger partial charge in [0.2, 0.25) is 10.0 Å². The van der Waals surface area contributed by atoms with Crippen LogP contribution in [0.4, 0.5) is 10.1 Å². The van der Waals surface area contributed by atoms with Crippen LogP contribution in [0.5, 0.6) is 0 Å². The molecule has 4 nitrogen and oxygen atoms in total. The Kier molecular flexibility index (Phi) is 4.48.